The fourth-order valence-electron chi connectivity index (χ4n) is 1.94. The summed E-state index contributed by atoms with van der Waals surface area (Å²) >= 11 is 0. The van der Waals surface area contributed by atoms with Crippen LogP contribution >= 0.6 is 0 Å². The van der Waals surface area contributed by atoms with Crippen molar-refractivity contribution in [3.63, 3.8) is 0 Å². The molecule has 1 rings (SSSR count). The summed E-state index contributed by atoms with van der Waals surface area (Å²) in [4.78, 5) is 0. The van der Waals surface area contributed by atoms with Crippen molar-refractivity contribution in [2.75, 3.05) is 0 Å². The molecular formula is C15H24. The lowest BCUT2D eigenvalue weighted by atomic mass is 9.85. The van der Waals surface area contributed by atoms with Crippen LogP contribution in [-0.2, 0) is 0 Å². The molecule has 1 aliphatic rings. The summed E-state index contributed by atoms with van der Waals surface area (Å²) in [6.07, 6.45) is 13.0. The molecule has 0 heterocycles. The molecule has 0 nitrogen and oxygen atoms in total. The Hall–Kier alpha value is -0.780. The van der Waals surface area contributed by atoms with Crippen molar-refractivity contribution in [1.82, 2.24) is 0 Å². The molecule has 0 amide bonds. The van der Waals surface area contributed by atoms with Gasteiger partial charge in [-0.1, -0.05) is 49.3 Å². The Morgan fingerprint density at radius 3 is 2.73 bits per heavy atom. The van der Waals surface area contributed by atoms with Gasteiger partial charge in [0.2, 0.25) is 0 Å². The highest BCUT2D eigenvalue weighted by molar-refractivity contribution is 5.17. The van der Waals surface area contributed by atoms with Gasteiger partial charge in [-0.15, -0.1) is 0 Å². The highest BCUT2D eigenvalue weighted by Gasteiger charge is 2.13. The van der Waals surface area contributed by atoms with Gasteiger partial charge in [0.1, 0.15) is 0 Å². The van der Waals surface area contributed by atoms with E-state index < -0.39 is 0 Å². The van der Waals surface area contributed by atoms with Crippen LogP contribution in [0.2, 0.25) is 0 Å². The SMILES string of the molecule is CC1=CC[C@H](/C(C)=C/C=C/C(C)C)CC1. The van der Waals surface area contributed by atoms with Crippen molar-refractivity contribution in [2.45, 2.75) is 47.0 Å². The predicted molar refractivity (Wildman–Crippen MR) is 68.8 cm³/mol. The fraction of sp³-hybridized carbons (Fsp3) is 0.600. The Labute approximate surface area is 94.8 Å². The van der Waals surface area contributed by atoms with Gasteiger partial charge in [0, 0.05) is 0 Å². The van der Waals surface area contributed by atoms with Crippen molar-refractivity contribution in [3.8, 4) is 0 Å². The highest BCUT2D eigenvalue weighted by atomic mass is 14.2. The molecule has 0 N–H and O–H groups in total. The summed E-state index contributed by atoms with van der Waals surface area (Å²) in [6, 6.07) is 0. The Morgan fingerprint density at radius 2 is 2.20 bits per heavy atom. The van der Waals surface area contributed by atoms with Gasteiger partial charge < -0.3 is 0 Å². The van der Waals surface area contributed by atoms with Crippen molar-refractivity contribution in [2.24, 2.45) is 11.8 Å². The van der Waals surface area contributed by atoms with E-state index in [1.54, 1.807) is 5.57 Å². The Balaban J connectivity index is 2.50. The topological polar surface area (TPSA) is 0 Å². The second-order valence-corrected chi connectivity index (χ2v) is 5.06. The molecule has 0 aromatic carbocycles. The van der Waals surface area contributed by atoms with Gasteiger partial charge in [-0.2, -0.15) is 0 Å². The Kier molecular flexibility index (Phi) is 4.87. The molecule has 84 valence electrons. The number of rotatable bonds is 3. The van der Waals surface area contributed by atoms with E-state index in [1.807, 2.05) is 0 Å². The van der Waals surface area contributed by atoms with Crippen LogP contribution in [0.15, 0.2) is 35.5 Å². The third-order valence-electron chi connectivity index (χ3n) is 3.14. The zero-order valence-electron chi connectivity index (χ0n) is 10.6. The summed E-state index contributed by atoms with van der Waals surface area (Å²) in [5.41, 5.74) is 3.10. The molecule has 0 spiro atoms. The molecule has 0 fully saturated rings. The monoisotopic (exact) mass is 204 g/mol. The first kappa shape index (κ1) is 12.3. The molecule has 0 bridgehead atoms. The van der Waals surface area contributed by atoms with Crippen molar-refractivity contribution >= 4 is 0 Å². The number of allylic oxidation sites excluding steroid dienone is 6. The van der Waals surface area contributed by atoms with E-state index in [4.69, 9.17) is 0 Å². The minimum atomic E-state index is 0.655. The van der Waals surface area contributed by atoms with Crippen LogP contribution in [0, 0.1) is 11.8 Å². The minimum absolute atomic E-state index is 0.655. The quantitative estimate of drug-likeness (QED) is 0.453. The van der Waals surface area contributed by atoms with Gasteiger partial charge in [-0.3, -0.25) is 0 Å². The van der Waals surface area contributed by atoms with Crippen LogP contribution in [0.4, 0.5) is 0 Å². The van der Waals surface area contributed by atoms with E-state index in [1.165, 1.54) is 24.8 Å². The van der Waals surface area contributed by atoms with E-state index in [-0.39, 0.29) is 0 Å². The van der Waals surface area contributed by atoms with Crippen LogP contribution in [0.1, 0.15) is 47.0 Å². The maximum Gasteiger partial charge on any atom is -0.0165 e. The first-order valence-corrected chi connectivity index (χ1v) is 6.10. The molecule has 0 saturated heterocycles. The molecule has 0 heteroatoms. The normalized spacial score (nSPS) is 23.7. The molecule has 0 aromatic heterocycles. The lowest BCUT2D eigenvalue weighted by Crippen LogP contribution is -2.05. The summed E-state index contributed by atoms with van der Waals surface area (Å²) < 4.78 is 0. The molecular weight excluding hydrogens is 180 g/mol. The maximum absolute atomic E-state index is 2.40. The molecule has 0 radical (unpaired) electrons. The smallest absolute Gasteiger partial charge is 0.0165 e. The van der Waals surface area contributed by atoms with E-state index >= 15 is 0 Å². The maximum atomic E-state index is 2.40. The molecule has 0 aliphatic heterocycles. The third kappa shape index (κ3) is 4.51. The molecule has 0 aromatic rings. The van der Waals surface area contributed by atoms with Gasteiger partial charge in [-0.05, 0) is 44.9 Å². The van der Waals surface area contributed by atoms with Crippen LogP contribution in [0.5, 0.6) is 0 Å². The van der Waals surface area contributed by atoms with Crippen LogP contribution in [0.25, 0.3) is 0 Å². The van der Waals surface area contributed by atoms with Gasteiger partial charge in [-0.25, -0.2) is 0 Å². The van der Waals surface area contributed by atoms with Crippen molar-refractivity contribution in [3.05, 3.63) is 35.5 Å². The fourth-order valence-corrected chi connectivity index (χ4v) is 1.94. The second kappa shape index (κ2) is 5.95. The zero-order chi connectivity index (χ0) is 11.3. The lowest BCUT2D eigenvalue weighted by Gasteiger charge is -2.20. The standard InChI is InChI=1S/C15H24/c1-12(2)6-5-7-14(4)15-10-8-13(3)9-11-15/h5-8,12,15H,9-11H2,1-4H3/b6-5+,14-7+/t15-/m0/s1. The number of hydrogen-bond acceptors (Lipinski definition) is 0. The van der Waals surface area contributed by atoms with Gasteiger partial charge >= 0.3 is 0 Å². The lowest BCUT2D eigenvalue weighted by molar-refractivity contribution is 0.539. The first-order valence-electron chi connectivity index (χ1n) is 6.10. The van der Waals surface area contributed by atoms with Crippen LogP contribution in [0.3, 0.4) is 0 Å². The van der Waals surface area contributed by atoms with Crippen molar-refractivity contribution < 1.29 is 0 Å². The third-order valence-corrected chi connectivity index (χ3v) is 3.14. The minimum Gasteiger partial charge on any atom is -0.0850 e. The summed E-state index contributed by atoms with van der Waals surface area (Å²) in [7, 11) is 0. The Morgan fingerprint density at radius 1 is 1.47 bits per heavy atom. The second-order valence-electron chi connectivity index (χ2n) is 5.06. The molecule has 0 saturated carbocycles. The van der Waals surface area contributed by atoms with Crippen LogP contribution in [-0.4, -0.2) is 0 Å². The molecule has 15 heavy (non-hydrogen) atoms. The summed E-state index contributed by atoms with van der Waals surface area (Å²) in [6.45, 7) is 8.94. The molecule has 0 unspecified atom stereocenters. The van der Waals surface area contributed by atoms with E-state index in [2.05, 4.69) is 52.0 Å². The Bertz CT molecular complexity index is 276. The largest absolute Gasteiger partial charge is 0.0850 e. The van der Waals surface area contributed by atoms with E-state index in [0.717, 1.165) is 5.92 Å². The predicted octanol–water partition coefficient (Wildman–Crippen LogP) is 4.89. The molecule has 1 atom stereocenters. The van der Waals surface area contributed by atoms with Crippen LogP contribution < -0.4 is 0 Å². The van der Waals surface area contributed by atoms with E-state index in [9.17, 15) is 0 Å². The highest BCUT2D eigenvalue weighted by Crippen LogP contribution is 2.28. The van der Waals surface area contributed by atoms with Crippen molar-refractivity contribution in [1.29, 1.82) is 0 Å². The van der Waals surface area contributed by atoms with E-state index in [0.29, 0.717) is 5.92 Å². The summed E-state index contributed by atoms with van der Waals surface area (Å²) in [5.74, 6) is 1.44. The summed E-state index contributed by atoms with van der Waals surface area (Å²) in [5, 5.41) is 0. The average molecular weight is 204 g/mol. The zero-order valence-corrected chi connectivity index (χ0v) is 10.6. The van der Waals surface area contributed by atoms with Gasteiger partial charge in [0.25, 0.3) is 0 Å². The van der Waals surface area contributed by atoms with Gasteiger partial charge in [0.05, 0.1) is 0 Å². The van der Waals surface area contributed by atoms with Gasteiger partial charge in [0.15, 0.2) is 0 Å². The first-order chi connectivity index (χ1) is 7.09. The average Bonchev–Trinajstić information content (AvgIpc) is 2.18. The molecule has 1 aliphatic carbocycles. The number of hydrogen-bond donors (Lipinski definition) is 0.